The molecule has 0 saturated carbocycles. The first-order valence-electron chi connectivity index (χ1n) is 10.4. The molecule has 0 bridgehead atoms. The van der Waals surface area contributed by atoms with Crippen LogP contribution in [0.4, 0.5) is 0 Å². The Hall–Kier alpha value is -3.02. The van der Waals surface area contributed by atoms with Gasteiger partial charge >= 0.3 is 0 Å². The molecule has 6 nitrogen and oxygen atoms in total. The fraction of sp³-hybridized carbons (Fsp3) is 0.417. The van der Waals surface area contributed by atoms with Gasteiger partial charge in [-0.3, -0.25) is 4.79 Å². The summed E-state index contributed by atoms with van der Waals surface area (Å²) >= 11 is 0. The summed E-state index contributed by atoms with van der Waals surface area (Å²) in [6.45, 7) is 1.98. The van der Waals surface area contributed by atoms with Crippen LogP contribution in [0.1, 0.15) is 45.7 Å². The van der Waals surface area contributed by atoms with Crippen molar-refractivity contribution in [3.05, 3.63) is 52.3 Å². The summed E-state index contributed by atoms with van der Waals surface area (Å²) in [6.07, 6.45) is 3.45. The van der Waals surface area contributed by atoms with Gasteiger partial charge < -0.3 is 18.9 Å². The van der Waals surface area contributed by atoms with Crippen LogP contribution in [-0.4, -0.2) is 41.6 Å². The van der Waals surface area contributed by atoms with Gasteiger partial charge in [-0.2, -0.15) is 0 Å². The summed E-state index contributed by atoms with van der Waals surface area (Å²) < 4.78 is 14.6. The Kier molecular flexibility index (Phi) is 4.10. The van der Waals surface area contributed by atoms with Crippen molar-refractivity contribution in [2.45, 2.75) is 38.2 Å². The lowest BCUT2D eigenvalue weighted by atomic mass is 9.84. The van der Waals surface area contributed by atoms with Gasteiger partial charge in [-0.1, -0.05) is 12.1 Å². The van der Waals surface area contributed by atoms with E-state index in [1.165, 1.54) is 5.56 Å². The topological polar surface area (TPSA) is 56.6 Å². The van der Waals surface area contributed by atoms with Gasteiger partial charge in [0.05, 0.1) is 12.6 Å². The van der Waals surface area contributed by atoms with Crippen LogP contribution in [0.25, 0.3) is 11.0 Å². The van der Waals surface area contributed by atoms with Gasteiger partial charge in [0.25, 0.3) is 5.91 Å². The lowest BCUT2D eigenvalue weighted by Crippen LogP contribution is -2.36. The number of carbonyl (C=O) groups excluding carboxylic acids is 1. The zero-order chi connectivity index (χ0) is 21.2. The highest BCUT2D eigenvalue weighted by atomic mass is 16.5. The lowest BCUT2D eigenvalue weighted by Gasteiger charge is -2.38. The zero-order valence-electron chi connectivity index (χ0n) is 18.2. The molecule has 0 radical (unpaired) electrons. The van der Waals surface area contributed by atoms with Crippen molar-refractivity contribution in [2.75, 3.05) is 21.2 Å². The second-order valence-corrected chi connectivity index (χ2v) is 8.61. The highest BCUT2D eigenvalue weighted by molar-refractivity contribution is 6.01. The second kappa shape index (κ2) is 6.49. The fourth-order valence-corrected chi connectivity index (χ4v) is 5.10. The molecule has 2 heterocycles. The Balaban J connectivity index is 1.75. The maximum Gasteiger partial charge on any atom is 0.253 e. The molecule has 0 N–H and O–H groups in total. The first-order chi connectivity index (χ1) is 14.4. The first-order valence-corrected chi connectivity index (χ1v) is 10.4. The Morgan fingerprint density at radius 2 is 2.03 bits per heavy atom. The first kappa shape index (κ1) is 19.0. The van der Waals surface area contributed by atoms with Crippen LogP contribution in [0.2, 0.25) is 0 Å². The van der Waals surface area contributed by atoms with Crippen LogP contribution in [0.5, 0.6) is 11.5 Å². The number of ether oxygens (including phenoxy) is 2. The molecule has 2 aliphatic rings. The maximum absolute atomic E-state index is 13.0. The van der Waals surface area contributed by atoms with Crippen molar-refractivity contribution < 1.29 is 14.3 Å². The Morgan fingerprint density at radius 3 is 2.77 bits per heavy atom. The van der Waals surface area contributed by atoms with E-state index in [9.17, 15) is 4.79 Å². The van der Waals surface area contributed by atoms with E-state index in [0.717, 1.165) is 65.2 Å². The van der Waals surface area contributed by atoms with Crippen molar-refractivity contribution in [2.24, 2.45) is 7.05 Å². The van der Waals surface area contributed by atoms with Gasteiger partial charge in [0.1, 0.15) is 22.7 Å². The van der Waals surface area contributed by atoms with E-state index < -0.39 is 5.60 Å². The van der Waals surface area contributed by atoms with Crippen molar-refractivity contribution in [3.63, 3.8) is 0 Å². The molecule has 1 aromatic heterocycles. The largest absolute Gasteiger partial charge is 0.496 e. The number of aromatic nitrogens is 2. The van der Waals surface area contributed by atoms with Crippen molar-refractivity contribution >= 4 is 16.9 Å². The maximum atomic E-state index is 13.0. The third kappa shape index (κ3) is 2.49. The molecule has 0 fully saturated rings. The van der Waals surface area contributed by atoms with Crippen LogP contribution in [-0.2, 0) is 25.5 Å². The number of aryl methyl sites for hydroxylation is 3. The molecule has 3 aromatic rings. The quantitative estimate of drug-likeness (QED) is 0.651. The second-order valence-electron chi connectivity index (χ2n) is 8.61. The van der Waals surface area contributed by atoms with Crippen molar-refractivity contribution in [3.8, 4) is 11.5 Å². The van der Waals surface area contributed by atoms with E-state index in [4.69, 9.17) is 14.5 Å². The van der Waals surface area contributed by atoms with Gasteiger partial charge in [-0.25, -0.2) is 4.98 Å². The van der Waals surface area contributed by atoms with Crippen LogP contribution in [0, 0.1) is 6.92 Å². The van der Waals surface area contributed by atoms with E-state index in [0.29, 0.717) is 5.56 Å². The fourth-order valence-electron chi connectivity index (χ4n) is 5.10. The smallest absolute Gasteiger partial charge is 0.253 e. The standard InChI is InChI=1S/C24H27N3O3/c1-14-25-21-18(27(14)4)13-17(23(28)26(2)3)16-10-12-24(30-22(16)21)11-9-15-7-6-8-19(29-5)20(15)24/h6-8,13H,9-12H2,1-5H3. The normalized spacial score (nSPS) is 19.5. The van der Waals surface area contributed by atoms with E-state index in [2.05, 4.69) is 6.07 Å². The molecular weight excluding hydrogens is 378 g/mol. The van der Waals surface area contributed by atoms with E-state index >= 15 is 0 Å². The molecule has 1 aliphatic heterocycles. The lowest BCUT2D eigenvalue weighted by molar-refractivity contribution is 0.0435. The van der Waals surface area contributed by atoms with Crippen LogP contribution < -0.4 is 9.47 Å². The van der Waals surface area contributed by atoms with Crippen LogP contribution in [0.15, 0.2) is 24.3 Å². The summed E-state index contributed by atoms with van der Waals surface area (Å²) in [5.41, 5.74) is 5.43. The van der Waals surface area contributed by atoms with Gasteiger partial charge in [0.2, 0.25) is 0 Å². The number of carbonyl (C=O) groups is 1. The molecular formula is C24H27N3O3. The molecule has 30 heavy (non-hydrogen) atoms. The summed E-state index contributed by atoms with van der Waals surface area (Å²) in [4.78, 5) is 19.4. The molecule has 1 amide bonds. The molecule has 5 rings (SSSR count). The molecule has 2 aromatic carbocycles. The van der Waals surface area contributed by atoms with E-state index in [1.54, 1.807) is 26.1 Å². The number of benzene rings is 2. The average Bonchev–Trinajstić information content (AvgIpc) is 3.25. The van der Waals surface area contributed by atoms with E-state index in [-0.39, 0.29) is 5.91 Å². The molecule has 1 atom stereocenters. The number of methoxy groups -OCH3 is 1. The van der Waals surface area contributed by atoms with Crippen LogP contribution >= 0.6 is 0 Å². The average molecular weight is 405 g/mol. The molecule has 156 valence electrons. The van der Waals surface area contributed by atoms with E-state index in [1.807, 2.05) is 36.7 Å². The van der Waals surface area contributed by atoms with Gasteiger partial charge in [0, 0.05) is 37.8 Å². The predicted octanol–water partition coefficient (Wildman–Crippen LogP) is 3.76. The number of fused-ring (bicyclic) bond motifs is 5. The monoisotopic (exact) mass is 405 g/mol. The van der Waals surface area contributed by atoms with Crippen LogP contribution in [0.3, 0.4) is 0 Å². The molecule has 1 aliphatic carbocycles. The third-order valence-corrected chi connectivity index (χ3v) is 6.76. The number of amides is 1. The summed E-state index contributed by atoms with van der Waals surface area (Å²) in [5, 5.41) is 0. The van der Waals surface area contributed by atoms with Gasteiger partial charge in [0.15, 0.2) is 5.75 Å². The summed E-state index contributed by atoms with van der Waals surface area (Å²) in [5.74, 6) is 2.53. The summed E-state index contributed by atoms with van der Waals surface area (Å²) in [7, 11) is 7.27. The van der Waals surface area contributed by atoms with Gasteiger partial charge in [-0.15, -0.1) is 0 Å². The molecule has 0 saturated heterocycles. The molecule has 1 spiro atoms. The Bertz CT molecular complexity index is 1190. The predicted molar refractivity (Wildman–Crippen MR) is 115 cm³/mol. The minimum Gasteiger partial charge on any atom is -0.496 e. The number of imidazole rings is 1. The third-order valence-electron chi connectivity index (χ3n) is 6.76. The number of hydrogen-bond donors (Lipinski definition) is 0. The zero-order valence-corrected chi connectivity index (χ0v) is 18.2. The SMILES string of the molecule is COc1cccc2c1C1(CC2)CCc2c(C(=O)N(C)C)cc3c(nc(C)n3C)c2O1. The van der Waals surface area contributed by atoms with Crippen molar-refractivity contribution in [1.29, 1.82) is 0 Å². The molecule has 1 unspecified atom stereocenters. The van der Waals surface area contributed by atoms with Gasteiger partial charge in [-0.05, 0) is 50.3 Å². The summed E-state index contributed by atoms with van der Waals surface area (Å²) in [6, 6.07) is 8.19. The Morgan fingerprint density at radius 1 is 1.27 bits per heavy atom. The van der Waals surface area contributed by atoms with Crippen molar-refractivity contribution in [1.82, 2.24) is 14.5 Å². The minimum absolute atomic E-state index is 0.00374. The Labute approximate surface area is 176 Å². The molecule has 6 heteroatoms. The number of nitrogens with zero attached hydrogens (tertiary/aromatic N) is 3. The minimum atomic E-state index is -0.437. The number of rotatable bonds is 2. The number of hydrogen-bond acceptors (Lipinski definition) is 4. The highest BCUT2D eigenvalue weighted by Crippen LogP contribution is 2.52. The highest BCUT2D eigenvalue weighted by Gasteiger charge is 2.47.